The number of nitrogens with one attached hydrogen (secondary N) is 1. The van der Waals surface area contributed by atoms with Gasteiger partial charge in [0.2, 0.25) is 5.75 Å². The molecule has 0 unspecified atom stereocenters. The summed E-state index contributed by atoms with van der Waals surface area (Å²) in [6.45, 7) is 1.84. The molecule has 3 rings (SSSR count). The molecule has 0 amide bonds. The van der Waals surface area contributed by atoms with Crippen LogP contribution in [0.5, 0.6) is 17.2 Å². The number of hydrogen-bond acceptors (Lipinski definition) is 6. The molecule has 2 aromatic rings. The Morgan fingerprint density at radius 3 is 2.20 bits per heavy atom. The van der Waals surface area contributed by atoms with Crippen molar-refractivity contribution >= 4 is 29.0 Å². The van der Waals surface area contributed by atoms with Crippen molar-refractivity contribution < 1.29 is 23.7 Å². The molecule has 158 valence electrons. The number of thiocarbonyl (C=S) groups is 1. The Morgan fingerprint density at radius 1 is 0.967 bits per heavy atom. The molecule has 1 aliphatic heterocycles. The number of nitrogens with zero attached hydrogens (tertiary/aromatic N) is 1. The summed E-state index contributed by atoms with van der Waals surface area (Å²) in [5.41, 5.74) is 2.59. The normalized spacial score (nSPS) is 16.1. The molecule has 2 aromatic carbocycles. The van der Waals surface area contributed by atoms with Crippen molar-refractivity contribution in [3.05, 3.63) is 59.3 Å². The maximum absolute atomic E-state index is 12.8. The summed E-state index contributed by atoms with van der Waals surface area (Å²) in [6.07, 6.45) is 0. The highest BCUT2D eigenvalue weighted by Gasteiger charge is 2.37. The average Bonchev–Trinajstić information content (AvgIpc) is 2.77. The number of carbonyl (C=O) groups excluding carboxylic acids is 1. The lowest BCUT2D eigenvalue weighted by Crippen LogP contribution is -2.48. The maximum Gasteiger partial charge on any atom is 0.337 e. The number of hydrogen-bond donors (Lipinski definition) is 1. The van der Waals surface area contributed by atoms with E-state index >= 15 is 0 Å². The summed E-state index contributed by atoms with van der Waals surface area (Å²) in [5.74, 6) is 0.921. The second kappa shape index (κ2) is 9.04. The van der Waals surface area contributed by atoms with Crippen LogP contribution in [0.1, 0.15) is 18.5 Å². The Morgan fingerprint density at radius 2 is 1.63 bits per heavy atom. The number of esters is 1. The molecular formula is C22H24N2O5S. The number of rotatable bonds is 6. The van der Waals surface area contributed by atoms with Gasteiger partial charge in [-0.2, -0.15) is 0 Å². The smallest absolute Gasteiger partial charge is 0.337 e. The molecule has 1 atom stereocenters. The lowest BCUT2D eigenvalue weighted by molar-refractivity contribution is -0.136. The molecule has 0 fully saturated rings. The maximum atomic E-state index is 12.8. The molecule has 0 bridgehead atoms. The molecule has 30 heavy (non-hydrogen) atoms. The average molecular weight is 429 g/mol. The number of anilines is 1. The third-order valence-electron chi connectivity index (χ3n) is 4.95. The molecule has 0 saturated heterocycles. The lowest BCUT2D eigenvalue weighted by Gasteiger charge is -2.37. The molecule has 1 N–H and O–H groups in total. The molecule has 0 radical (unpaired) electrons. The third-order valence-corrected chi connectivity index (χ3v) is 5.25. The van der Waals surface area contributed by atoms with Crippen molar-refractivity contribution in [2.75, 3.05) is 33.3 Å². The summed E-state index contributed by atoms with van der Waals surface area (Å²) in [6, 6.07) is 12.6. The fourth-order valence-electron chi connectivity index (χ4n) is 3.59. The number of carbonyl (C=O) groups is 1. The number of para-hydroxylation sites is 1. The van der Waals surface area contributed by atoms with Gasteiger partial charge in [0.15, 0.2) is 16.6 Å². The Balaban J connectivity index is 2.22. The molecular weight excluding hydrogens is 404 g/mol. The summed E-state index contributed by atoms with van der Waals surface area (Å²) >= 11 is 5.66. The predicted molar refractivity (Wildman–Crippen MR) is 118 cm³/mol. The molecule has 1 aliphatic rings. The van der Waals surface area contributed by atoms with Crippen LogP contribution in [0.15, 0.2) is 53.7 Å². The van der Waals surface area contributed by atoms with Gasteiger partial charge in [0.1, 0.15) is 0 Å². The summed E-state index contributed by atoms with van der Waals surface area (Å²) in [4.78, 5) is 14.6. The van der Waals surface area contributed by atoms with Crippen LogP contribution in [-0.2, 0) is 9.53 Å². The zero-order valence-electron chi connectivity index (χ0n) is 17.5. The topological polar surface area (TPSA) is 69.3 Å². The Labute approximate surface area is 181 Å². The molecule has 0 spiro atoms. The van der Waals surface area contributed by atoms with E-state index in [0.29, 0.717) is 39.2 Å². The first kappa shape index (κ1) is 21.4. The van der Waals surface area contributed by atoms with Crippen molar-refractivity contribution in [1.29, 1.82) is 0 Å². The number of methoxy groups -OCH3 is 4. The van der Waals surface area contributed by atoms with Gasteiger partial charge in [-0.25, -0.2) is 4.79 Å². The van der Waals surface area contributed by atoms with Crippen molar-refractivity contribution in [3.8, 4) is 17.2 Å². The van der Waals surface area contributed by atoms with Crippen LogP contribution in [0.2, 0.25) is 0 Å². The van der Waals surface area contributed by atoms with Gasteiger partial charge in [0, 0.05) is 16.9 Å². The van der Waals surface area contributed by atoms with Gasteiger partial charge < -0.3 is 24.3 Å². The predicted octanol–water partition coefficient (Wildman–Crippen LogP) is 3.60. The van der Waals surface area contributed by atoms with Crippen LogP contribution in [0, 0.1) is 0 Å². The largest absolute Gasteiger partial charge is 0.493 e. The summed E-state index contributed by atoms with van der Waals surface area (Å²) < 4.78 is 21.6. The van der Waals surface area contributed by atoms with Gasteiger partial charge in [-0.3, -0.25) is 4.90 Å². The quantitative estimate of drug-likeness (QED) is 0.553. The van der Waals surface area contributed by atoms with E-state index in [2.05, 4.69) is 5.32 Å². The van der Waals surface area contributed by atoms with Gasteiger partial charge in [-0.1, -0.05) is 18.2 Å². The highest BCUT2D eigenvalue weighted by atomic mass is 32.1. The fourth-order valence-corrected chi connectivity index (χ4v) is 3.95. The van der Waals surface area contributed by atoms with Gasteiger partial charge >= 0.3 is 5.97 Å². The Kier molecular flexibility index (Phi) is 6.47. The standard InChI is InChI=1S/C22H24N2O5S/c1-13-17(21(25)29-5)18(23-22(30)24(13)14-9-7-6-8-10-14)15-11-12-16(26-2)20(28-4)19(15)27-3/h6-12,18H,1-5H3,(H,23,30)/t18-/m0/s1. The van der Waals surface area contributed by atoms with E-state index in [0.717, 1.165) is 5.69 Å². The Bertz CT molecular complexity index is 991. The van der Waals surface area contributed by atoms with Gasteiger partial charge in [0.25, 0.3) is 0 Å². The van der Waals surface area contributed by atoms with Crippen molar-refractivity contribution in [1.82, 2.24) is 5.32 Å². The molecule has 0 aliphatic carbocycles. The van der Waals surface area contributed by atoms with E-state index in [1.807, 2.05) is 48.2 Å². The second-order valence-electron chi connectivity index (χ2n) is 6.47. The van der Waals surface area contributed by atoms with Crippen LogP contribution in [0.4, 0.5) is 5.69 Å². The third kappa shape index (κ3) is 3.66. The van der Waals surface area contributed by atoms with Crippen LogP contribution < -0.4 is 24.4 Å². The van der Waals surface area contributed by atoms with Crippen LogP contribution in [0.25, 0.3) is 0 Å². The fraction of sp³-hybridized carbons (Fsp3) is 0.273. The van der Waals surface area contributed by atoms with Crippen molar-refractivity contribution in [3.63, 3.8) is 0 Å². The lowest BCUT2D eigenvalue weighted by atomic mass is 9.93. The molecule has 0 aromatic heterocycles. The minimum absolute atomic E-state index is 0.417. The first-order valence-electron chi connectivity index (χ1n) is 9.22. The highest BCUT2D eigenvalue weighted by Crippen LogP contribution is 2.45. The van der Waals surface area contributed by atoms with Crippen LogP contribution in [-0.4, -0.2) is 39.5 Å². The Hall–Kier alpha value is -3.26. The van der Waals surface area contributed by atoms with E-state index in [1.54, 1.807) is 13.2 Å². The van der Waals surface area contributed by atoms with E-state index in [9.17, 15) is 4.79 Å². The van der Waals surface area contributed by atoms with E-state index in [4.69, 9.17) is 31.2 Å². The molecule has 1 heterocycles. The van der Waals surface area contributed by atoms with Crippen molar-refractivity contribution in [2.45, 2.75) is 13.0 Å². The number of allylic oxidation sites excluding steroid dienone is 1. The zero-order valence-corrected chi connectivity index (χ0v) is 18.3. The second-order valence-corrected chi connectivity index (χ2v) is 6.85. The number of benzene rings is 2. The first-order valence-corrected chi connectivity index (χ1v) is 9.62. The van der Waals surface area contributed by atoms with Gasteiger partial charge in [0.05, 0.1) is 40.1 Å². The highest BCUT2D eigenvalue weighted by molar-refractivity contribution is 7.80. The molecule has 8 heteroatoms. The first-order chi connectivity index (χ1) is 14.5. The van der Waals surface area contributed by atoms with E-state index in [1.165, 1.54) is 21.3 Å². The van der Waals surface area contributed by atoms with Gasteiger partial charge in [-0.15, -0.1) is 0 Å². The number of ether oxygens (including phenoxy) is 4. The van der Waals surface area contributed by atoms with E-state index in [-0.39, 0.29) is 0 Å². The SMILES string of the molecule is COC(=O)C1=C(C)N(c2ccccc2)C(=S)N[C@H]1c1ccc(OC)c(OC)c1OC. The zero-order chi connectivity index (χ0) is 21.8. The van der Waals surface area contributed by atoms with E-state index < -0.39 is 12.0 Å². The van der Waals surface area contributed by atoms with Crippen LogP contribution >= 0.6 is 12.2 Å². The molecule has 7 nitrogen and oxygen atoms in total. The van der Waals surface area contributed by atoms with Crippen molar-refractivity contribution in [2.24, 2.45) is 0 Å². The minimum atomic E-state index is -0.598. The summed E-state index contributed by atoms with van der Waals surface area (Å²) in [7, 11) is 5.97. The monoisotopic (exact) mass is 428 g/mol. The summed E-state index contributed by atoms with van der Waals surface area (Å²) in [5, 5.41) is 3.71. The minimum Gasteiger partial charge on any atom is -0.493 e. The van der Waals surface area contributed by atoms with Crippen LogP contribution in [0.3, 0.4) is 0 Å². The van der Waals surface area contributed by atoms with Gasteiger partial charge in [-0.05, 0) is 43.4 Å². The molecule has 0 saturated carbocycles.